The van der Waals surface area contributed by atoms with Gasteiger partial charge in [0.15, 0.2) is 0 Å². The molecule has 0 saturated carbocycles. The number of halogens is 2. The van der Waals surface area contributed by atoms with Crippen molar-refractivity contribution < 1.29 is 19.1 Å². The highest BCUT2D eigenvalue weighted by molar-refractivity contribution is 6.29. The molecule has 4 nitrogen and oxygen atoms in total. The summed E-state index contributed by atoms with van der Waals surface area (Å²) in [4.78, 5) is 25.2. The first-order chi connectivity index (χ1) is 13.4. The lowest BCUT2D eigenvalue weighted by Gasteiger charge is -2.23. The van der Waals surface area contributed by atoms with Crippen molar-refractivity contribution in [3.8, 4) is 0 Å². The van der Waals surface area contributed by atoms with Crippen molar-refractivity contribution >= 4 is 35.1 Å². The van der Waals surface area contributed by atoms with Crippen molar-refractivity contribution in [1.82, 2.24) is 0 Å². The van der Waals surface area contributed by atoms with Crippen LogP contribution in [0, 0.1) is 0 Å². The van der Waals surface area contributed by atoms with Crippen molar-refractivity contribution in [2.45, 2.75) is 10.1 Å². The molecule has 138 valence electrons. The fourth-order valence-electron chi connectivity index (χ4n) is 3.68. The average Bonchev–Trinajstić information content (AvgIpc) is 3.14. The number of cyclic esters (lactones) is 2. The maximum atomic E-state index is 12.6. The summed E-state index contributed by atoms with van der Waals surface area (Å²) >= 11 is 13.5. The summed E-state index contributed by atoms with van der Waals surface area (Å²) < 4.78 is 11.0. The zero-order valence-corrected chi connectivity index (χ0v) is 15.8. The highest BCUT2D eigenvalue weighted by Gasteiger charge is 2.51. The fourth-order valence-corrected chi connectivity index (χ4v) is 4.38. The predicted octanol–water partition coefficient (Wildman–Crippen LogP) is 4.91. The Balaban J connectivity index is 1.73. The van der Waals surface area contributed by atoms with Gasteiger partial charge in [0.05, 0.1) is 11.1 Å². The summed E-state index contributed by atoms with van der Waals surface area (Å²) in [5.74, 6) is -1.16. The molecule has 2 atom stereocenters. The molecule has 0 N–H and O–H groups in total. The molecule has 0 amide bonds. The summed E-state index contributed by atoms with van der Waals surface area (Å²) in [6.45, 7) is 0. The molecular formula is C22H12Cl2O4. The Labute approximate surface area is 170 Å². The minimum absolute atomic E-state index is 0.261. The van der Waals surface area contributed by atoms with Gasteiger partial charge in [0, 0.05) is 22.3 Å². The van der Waals surface area contributed by atoms with Gasteiger partial charge in [0.25, 0.3) is 0 Å². The maximum absolute atomic E-state index is 12.6. The molecule has 0 spiro atoms. The fraction of sp³-hybridized carbons (Fsp3) is 0.0909. The summed E-state index contributed by atoms with van der Waals surface area (Å²) in [6.07, 6.45) is 0. The summed E-state index contributed by atoms with van der Waals surface area (Å²) in [5.41, 5.74) is 2.50. The van der Waals surface area contributed by atoms with E-state index >= 15 is 0 Å². The van der Waals surface area contributed by atoms with E-state index in [-0.39, 0.29) is 11.1 Å². The first-order valence-electron chi connectivity index (χ1n) is 8.58. The molecular weight excluding hydrogens is 399 g/mol. The number of hydrogen-bond acceptors (Lipinski definition) is 4. The van der Waals surface area contributed by atoms with Gasteiger partial charge < -0.3 is 9.47 Å². The molecule has 6 heteroatoms. The third kappa shape index (κ3) is 2.25. The number of carbonyl (C=O) groups excluding carboxylic acids is 2. The average molecular weight is 411 g/mol. The zero-order chi connectivity index (χ0) is 19.5. The van der Waals surface area contributed by atoms with Crippen molar-refractivity contribution in [3.63, 3.8) is 0 Å². The molecule has 0 fully saturated rings. The molecule has 2 aliphatic rings. The topological polar surface area (TPSA) is 52.6 Å². The van der Waals surface area contributed by atoms with E-state index in [9.17, 15) is 9.59 Å². The number of hydrogen-bond donors (Lipinski definition) is 0. The van der Waals surface area contributed by atoms with Crippen LogP contribution in [0.15, 0.2) is 72.8 Å². The van der Waals surface area contributed by atoms with Gasteiger partial charge in [-0.05, 0) is 12.1 Å². The van der Waals surface area contributed by atoms with Gasteiger partial charge in [0.1, 0.15) is 0 Å². The van der Waals surface area contributed by atoms with Crippen LogP contribution >= 0.6 is 23.2 Å². The lowest BCUT2D eigenvalue weighted by Crippen LogP contribution is -2.20. The van der Waals surface area contributed by atoms with Crippen LogP contribution in [0.3, 0.4) is 0 Å². The highest BCUT2D eigenvalue weighted by atomic mass is 35.5. The van der Waals surface area contributed by atoms with Gasteiger partial charge in [-0.1, -0.05) is 83.9 Å². The highest BCUT2D eigenvalue weighted by Crippen LogP contribution is 2.51. The molecule has 3 aromatic rings. The van der Waals surface area contributed by atoms with Crippen molar-refractivity contribution in [1.29, 1.82) is 0 Å². The molecule has 2 heterocycles. The van der Waals surface area contributed by atoms with Crippen molar-refractivity contribution in [2.24, 2.45) is 0 Å². The van der Waals surface area contributed by atoms with Crippen LogP contribution in [0.25, 0.3) is 0 Å². The number of esters is 2. The van der Waals surface area contributed by atoms with E-state index in [0.29, 0.717) is 22.3 Å². The Bertz CT molecular complexity index is 1040. The third-order valence-corrected chi connectivity index (χ3v) is 6.05. The molecule has 0 radical (unpaired) electrons. The SMILES string of the molecule is O=C1OC(Cl)(c2ccccc2)c2cc3c(cc21)C(Cl)(c1ccccc1)OC3=O. The number of rotatable bonds is 2. The van der Waals surface area contributed by atoms with E-state index in [1.54, 1.807) is 60.7 Å². The number of benzene rings is 3. The van der Waals surface area contributed by atoms with Crippen LogP contribution in [0.4, 0.5) is 0 Å². The number of alkyl halides is 2. The number of fused-ring (bicyclic) bond motifs is 2. The van der Waals surface area contributed by atoms with Crippen LogP contribution in [-0.2, 0) is 19.6 Å². The van der Waals surface area contributed by atoms with E-state index in [4.69, 9.17) is 32.7 Å². The minimum Gasteiger partial charge on any atom is -0.431 e. The van der Waals surface area contributed by atoms with E-state index in [2.05, 4.69) is 0 Å². The largest absolute Gasteiger partial charge is 0.431 e. The Hall–Kier alpha value is -2.82. The minimum atomic E-state index is -1.51. The van der Waals surface area contributed by atoms with Gasteiger partial charge in [0.2, 0.25) is 10.1 Å². The number of ether oxygens (including phenoxy) is 2. The second kappa shape index (κ2) is 5.84. The second-order valence-electron chi connectivity index (χ2n) is 6.64. The molecule has 0 bridgehead atoms. The van der Waals surface area contributed by atoms with Crippen molar-refractivity contribution in [2.75, 3.05) is 0 Å². The number of carbonyl (C=O) groups is 2. The second-order valence-corrected chi connectivity index (χ2v) is 7.71. The quantitative estimate of drug-likeness (QED) is 0.444. The first-order valence-corrected chi connectivity index (χ1v) is 9.33. The third-order valence-electron chi connectivity index (χ3n) is 5.05. The normalized spacial score (nSPS) is 25.1. The lowest BCUT2D eigenvalue weighted by molar-refractivity contribution is 0.0363. The summed E-state index contributed by atoms with van der Waals surface area (Å²) in [6, 6.07) is 21.0. The van der Waals surface area contributed by atoms with E-state index in [1.807, 2.05) is 12.1 Å². The molecule has 5 rings (SSSR count). The Morgan fingerprint density at radius 2 is 0.964 bits per heavy atom. The van der Waals surface area contributed by atoms with Gasteiger partial charge in [-0.2, -0.15) is 0 Å². The molecule has 2 unspecified atom stereocenters. The first kappa shape index (κ1) is 17.3. The van der Waals surface area contributed by atoms with Crippen LogP contribution in [0.1, 0.15) is 43.0 Å². The Morgan fingerprint density at radius 3 is 1.32 bits per heavy atom. The van der Waals surface area contributed by atoms with E-state index in [0.717, 1.165) is 0 Å². The molecule has 0 aliphatic carbocycles. The smallest absolute Gasteiger partial charge is 0.340 e. The predicted molar refractivity (Wildman–Crippen MR) is 103 cm³/mol. The Morgan fingerprint density at radius 1 is 0.607 bits per heavy atom. The maximum Gasteiger partial charge on any atom is 0.340 e. The van der Waals surface area contributed by atoms with Crippen LogP contribution in [-0.4, -0.2) is 11.9 Å². The standard InChI is InChI=1S/C22H12Cl2O4/c23-21(13-7-3-1-4-8-13)17-11-16-18(12-15(17)19(25)27-21)22(24,28-20(16)26)14-9-5-2-6-10-14/h1-12H. The van der Waals surface area contributed by atoms with E-state index < -0.39 is 22.1 Å². The van der Waals surface area contributed by atoms with Crippen LogP contribution < -0.4 is 0 Å². The van der Waals surface area contributed by atoms with Crippen molar-refractivity contribution in [3.05, 3.63) is 106 Å². The van der Waals surface area contributed by atoms with E-state index in [1.165, 1.54) is 0 Å². The Kier molecular flexibility index (Phi) is 3.60. The molecule has 28 heavy (non-hydrogen) atoms. The van der Waals surface area contributed by atoms with Gasteiger partial charge in [-0.3, -0.25) is 0 Å². The van der Waals surface area contributed by atoms with Crippen LogP contribution in [0.5, 0.6) is 0 Å². The van der Waals surface area contributed by atoms with Gasteiger partial charge in [-0.25, -0.2) is 9.59 Å². The monoisotopic (exact) mass is 410 g/mol. The molecule has 0 aromatic heterocycles. The lowest BCUT2D eigenvalue weighted by atomic mass is 9.91. The zero-order valence-electron chi connectivity index (χ0n) is 14.3. The molecule has 0 saturated heterocycles. The summed E-state index contributed by atoms with van der Waals surface area (Å²) in [5, 5.41) is -3.01. The molecule has 3 aromatic carbocycles. The summed E-state index contributed by atoms with van der Waals surface area (Å²) in [7, 11) is 0. The van der Waals surface area contributed by atoms with Gasteiger partial charge >= 0.3 is 11.9 Å². The van der Waals surface area contributed by atoms with Gasteiger partial charge in [-0.15, -0.1) is 0 Å². The van der Waals surface area contributed by atoms with Crippen LogP contribution in [0.2, 0.25) is 0 Å². The molecule has 2 aliphatic heterocycles.